The van der Waals surface area contributed by atoms with E-state index >= 15 is 0 Å². The molecule has 0 aliphatic heterocycles. The topological polar surface area (TPSA) is 52.6 Å². The van der Waals surface area contributed by atoms with Crippen LogP contribution in [-0.4, -0.2) is 27.6 Å². The molecule has 10 unspecified atom stereocenters. The van der Waals surface area contributed by atoms with Crippen molar-refractivity contribution in [2.45, 2.75) is 75.9 Å². The molecule has 0 spiro atoms. The summed E-state index contributed by atoms with van der Waals surface area (Å²) < 4.78 is 12.0. The fourth-order valence-electron chi connectivity index (χ4n) is 7.37. The molecule has 0 amide bonds. The van der Waals surface area contributed by atoms with E-state index in [1.165, 1.54) is 19.8 Å². The molecule has 4 aliphatic carbocycles. The van der Waals surface area contributed by atoms with E-state index in [-0.39, 0.29) is 24.5 Å². The summed E-state index contributed by atoms with van der Waals surface area (Å²) >= 11 is 2.69. The molecule has 0 radical (unpaired) electrons. The second-order valence-corrected chi connectivity index (χ2v) is 12.0. The van der Waals surface area contributed by atoms with Gasteiger partial charge in [-0.1, -0.05) is 29.5 Å². The zero-order chi connectivity index (χ0) is 19.7. The Hall–Kier alpha value is -0.330. The van der Waals surface area contributed by atoms with Gasteiger partial charge in [-0.15, -0.1) is 0 Å². The highest BCUT2D eigenvalue weighted by Gasteiger charge is 2.67. The van der Waals surface area contributed by atoms with E-state index in [4.69, 9.17) is 9.47 Å². The highest BCUT2D eigenvalue weighted by atomic mass is 127. The first-order chi connectivity index (χ1) is 12.6. The molecule has 0 heterocycles. The van der Waals surface area contributed by atoms with E-state index < -0.39 is 5.60 Å². The van der Waals surface area contributed by atoms with Gasteiger partial charge in [0.05, 0.1) is 6.42 Å². The first-order valence-corrected chi connectivity index (χ1v) is 11.8. The fraction of sp³-hybridized carbons (Fsp3) is 0.909. The average Bonchev–Trinajstić information content (AvgIpc) is 3.24. The van der Waals surface area contributed by atoms with Gasteiger partial charge in [-0.3, -0.25) is 9.59 Å². The molecule has 4 aliphatic rings. The Morgan fingerprint density at radius 1 is 1.07 bits per heavy atom. The van der Waals surface area contributed by atoms with Gasteiger partial charge in [-0.05, 0) is 87.4 Å². The Balaban J connectivity index is 1.50. The van der Waals surface area contributed by atoms with Crippen molar-refractivity contribution in [3.8, 4) is 0 Å². The quantitative estimate of drug-likeness (QED) is 0.251. The number of carbonyl (C=O) groups excluding carboxylic acids is 2. The lowest BCUT2D eigenvalue weighted by Crippen LogP contribution is -2.44. The molecule has 0 saturated heterocycles. The van der Waals surface area contributed by atoms with Gasteiger partial charge in [0, 0.05) is 10.8 Å². The van der Waals surface area contributed by atoms with Crippen molar-refractivity contribution in [3.05, 3.63) is 0 Å². The maximum atomic E-state index is 12.4. The van der Waals surface area contributed by atoms with Crippen molar-refractivity contribution in [2.24, 2.45) is 47.3 Å². The van der Waals surface area contributed by atoms with E-state index in [0.717, 1.165) is 45.9 Å². The van der Waals surface area contributed by atoms with E-state index in [1.54, 1.807) is 0 Å². The monoisotopic (exact) mass is 488 g/mol. The summed E-state index contributed by atoms with van der Waals surface area (Å²) in [5.41, 5.74) is -0.507. The van der Waals surface area contributed by atoms with Gasteiger partial charge < -0.3 is 9.47 Å². The molecule has 4 bridgehead atoms. The number of ether oxygens (including phenoxy) is 2. The van der Waals surface area contributed by atoms with Crippen LogP contribution in [0.1, 0.15) is 60.3 Å². The predicted octanol–water partition coefficient (Wildman–Crippen LogP) is 4.63. The van der Waals surface area contributed by atoms with Crippen LogP contribution in [0.15, 0.2) is 0 Å². The van der Waals surface area contributed by atoms with Crippen LogP contribution in [0, 0.1) is 47.3 Å². The lowest BCUT2D eigenvalue weighted by atomic mass is 9.64. The maximum absolute atomic E-state index is 12.4. The second-order valence-electron chi connectivity index (χ2n) is 10.5. The average molecular weight is 488 g/mol. The summed E-state index contributed by atoms with van der Waals surface area (Å²) in [6.07, 6.45) is 3.66. The molecular formula is C22H33IO4. The van der Waals surface area contributed by atoms with Crippen LogP contribution < -0.4 is 0 Å². The molecule has 0 N–H and O–H groups in total. The molecular weight excluding hydrogens is 455 g/mol. The zero-order valence-electron chi connectivity index (χ0n) is 17.1. The van der Waals surface area contributed by atoms with Crippen LogP contribution in [0.25, 0.3) is 0 Å². The number of halogens is 1. The third-order valence-corrected chi connectivity index (χ3v) is 9.94. The van der Waals surface area contributed by atoms with Gasteiger partial charge >= 0.3 is 11.9 Å². The number of fused-ring (bicyclic) bond motifs is 9. The van der Waals surface area contributed by atoms with E-state index in [1.807, 2.05) is 20.8 Å². The summed E-state index contributed by atoms with van der Waals surface area (Å²) in [7, 11) is 0. The van der Waals surface area contributed by atoms with Crippen molar-refractivity contribution in [1.29, 1.82) is 0 Å². The first kappa shape index (κ1) is 20.0. The number of alkyl halides is 1. The van der Waals surface area contributed by atoms with E-state index in [2.05, 4.69) is 29.5 Å². The number of hydrogen-bond donors (Lipinski definition) is 0. The number of hydrogen-bond acceptors (Lipinski definition) is 4. The predicted molar refractivity (Wildman–Crippen MR) is 111 cm³/mol. The molecule has 4 fully saturated rings. The van der Waals surface area contributed by atoms with Crippen LogP contribution >= 0.6 is 22.6 Å². The largest absolute Gasteiger partial charge is 0.462 e. The lowest BCUT2D eigenvalue weighted by molar-refractivity contribution is -0.164. The Morgan fingerprint density at radius 2 is 1.78 bits per heavy atom. The first-order valence-electron chi connectivity index (χ1n) is 10.6. The van der Waals surface area contributed by atoms with Crippen LogP contribution in [-0.2, 0) is 19.1 Å². The Morgan fingerprint density at radius 3 is 2.41 bits per heavy atom. The van der Waals surface area contributed by atoms with Crippen molar-refractivity contribution < 1.29 is 19.1 Å². The normalized spacial score (nSPS) is 45.6. The third kappa shape index (κ3) is 3.44. The molecule has 0 aromatic heterocycles. The van der Waals surface area contributed by atoms with Crippen molar-refractivity contribution in [1.82, 2.24) is 0 Å². The molecule has 5 heteroatoms. The minimum atomic E-state index is -0.507. The number of esters is 2. The Bertz CT molecular complexity index is 626. The standard InChI is InChI=1S/C22H33IO4/c1-10-13-8-16(21(10)23)20-15-7-12(19(13)20)6-14(15)17(26-11(2)24)9-18(25)27-22(3,4)5/h10,12-17,19-21H,6-9H2,1-5H3. The number of carbonyl (C=O) groups is 2. The lowest BCUT2D eigenvalue weighted by Gasteiger charge is -2.44. The van der Waals surface area contributed by atoms with Crippen molar-refractivity contribution in [3.63, 3.8) is 0 Å². The molecule has 4 saturated carbocycles. The molecule has 4 rings (SSSR count). The maximum Gasteiger partial charge on any atom is 0.310 e. The smallest absolute Gasteiger partial charge is 0.310 e. The van der Waals surface area contributed by atoms with Gasteiger partial charge in [0.15, 0.2) is 0 Å². The van der Waals surface area contributed by atoms with Gasteiger partial charge in [0.1, 0.15) is 11.7 Å². The van der Waals surface area contributed by atoms with Gasteiger partial charge in [0.2, 0.25) is 0 Å². The van der Waals surface area contributed by atoms with Gasteiger partial charge in [-0.2, -0.15) is 0 Å². The molecule has 0 aromatic rings. The third-order valence-electron chi connectivity index (χ3n) is 7.89. The summed E-state index contributed by atoms with van der Waals surface area (Å²) in [6, 6.07) is 0. The van der Waals surface area contributed by atoms with Crippen LogP contribution in [0.3, 0.4) is 0 Å². The van der Waals surface area contributed by atoms with Gasteiger partial charge in [0.25, 0.3) is 0 Å². The van der Waals surface area contributed by atoms with Crippen LogP contribution in [0.5, 0.6) is 0 Å². The van der Waals surface area contributed by atoms with Crippen LogP contribution in [0.2, 0.25) is 0 Å². The minimum Gasteiger partial charge on any atom is -0.462 e. The highest BCUT2D eigenvalue weighted by Crippen LogP contribution is 2.71. The summed E-state index contributed by atoms with van der Waals surface area (Å²) in [5, 5.41) is 0. The van der Waals surface area contributed by atoms with Crippen molar-refractivity contribution >= 4 is 34.5 Å². The molecule has 0 aromatic carbocycles. The fourth-order valence-corrected chi connectivity index (χ4v) is 8.68. The highest BCUT2D eigenvalue weighted by molar-refractivity contribution is 14.1. The SMILES string of the molecule is CC(=O)OC(CC(=O)OC(C)(C)C)C1CC2CC1C1C3CC(C(C)C3I)C21. The van der Waals surface area contributed by atoms with Gasteiger partial charge in [-0.25, -0.2) is 0 Å². The molecule has 152 valence electrons. The Kier molecular flexibility index (Phi) is 5.08. The molecule has 27 heavy (non-hydrogen) atoms. The van der Waals surface area contributed by atoms with Crippen LogP contribution in [0.4, 0.5) is 0 Å². The molecule has 4 nitrogen and oxygen atoms in total. The summed E-state index contributed by atoms with van der Waals surface area (Å²) in [5.74, 6) is 5.42. The zero-order valence-corrected chi connectivity index (χ0v) is 19.3. The summed E-state index contributed by atoms with van der Waals surface area (Å²) in [6.45, 7) is 9.55. The van der Waals surface area contributed by atoms with E-state index in [0.29, 0.717) is 11.8 Å². The minimum absolute atomic E-state index is 0.195. The molecule has 10 atom stereocenters. The van der Waals surface area contributed by atoms with Crippen molar-refractivity contribution in [2.75, 3.05) is 0 Å². The second kappa shape index (κ2) is 6.88. The Labute approximate surface area is 176 Å². The summed E-state index contributed by atoms with van der Waals surface area (Å²) in [4.78, 5) is 24.2. The van der Waals surface area contributed by atoms with E-state index in [9.17, 15) is 9.59 Å². The number of rotatable bonds is 4.